The van der Waals surface area contributed by atoms with Crippen molar-refractivity contribution in [1.82, 2.24) is 35.6 Å². The second-order valence-electron chi connectivity index (χ2n) is 15.1. The van der Waals surface area contributed by atoms with Crippen molar-refractivity contribution in [1.29, 1.82) is 0 Å². The number of hydrogen-bond acceptors (Lipinski definition) is 13. The van der Waals surface area contributed by atoms with Crippen LogP contribution in [0.15, 0.2) is 48.5 Å². The summed E-state index contributed by atoms with van der Waals surface area (Å²) in [5.74, 6) is -8.34. The van der Waals surface area contributed by atoms with Gasteiger partial charge in [0.25, 0.3) is 0 Å². The van der Waals surface area contributed by atoms with Crippen LogP contribution in [0.4, 0.5) is 0 Å². The first kappa shape index (κ1) is 51.9. The van der Waals surface area contributed by atoms with Gasteiger partial charge in [-0.1, -0.05) is 43.3 Å². The molecule has 1 heterocycles. The number of phenolic OH excluding ortho intramolecular Hbond substituents is 1. The van der Waals surface area contributed by atoms with Crippen molar-refractivity contribution < 1.29 is 69.0 Å². The zero-order chi connectivity index (χ0) is 46.6. The molecule has 1 saturated heterocycles. The number of carbonyl (C=O) groups excluding carboxylic acids is 3. The highest BCUT2D eigenvalue weighted by Crippen LogP contribution is 2.21. The molecule has 346 valence electrons. The molecule has 0 spiro atoms. The zero-order valence-electron chi connectivity index (χ0n) is 34.9. The summed E-state index contributed by atoms with van der Waals surface area (Å²) in [6.07, 6.45) is -0.802. The van der Waals surface area contributed by atoms with Crippen LogP contribution in [-0.2, 0) is 51.2 Å². The third-order valence-electron chi connectivity index (χ3n) is 10.4. The molecule has 63 heavy (non-hydrogen) atoms. The Balaban J connectivity index is 1.88. The minimum Gasteiger partial charge on any atom is -0.507 e. The van der Waals surface area contributed by atoms with E-state index >= 15 is 0 Å². The third kappa shape index (κ3) is 18.8. The lowest BCUT2D eigenvalue weighted by molar-refractivity contribution is -0.145. The van der Waals surface area contributed by atoms with Gasteiger partial charge in [-0.2, -0.15) is 0 Å². The van der Waals surface area contributed by atoms with Gasteiger partial charge >= 0.3 is 29.8 Å². The summed E-state index contributed by atoms with van der Waals surface area (Å²) < 4.78 is 0.452. The number of halogens is 1. The maximum atomic E-state index is 14.1. The van der Waals surface area contributed by atoms with Gasteiger partial charge < -0.3 is 46.6 Å². The van der Waals surface area contributed by atoms with Crippen LogP contribution >= 0.6 is 22.6 Å². The van der Waals surface area contributed by atoms with Gasteiger partial charge in [-0.05, 0) is 58.7 Å². The molecular formula is C41H56IN7O14. The summed E-state index contributed by atoms with van der Waals surface area (Å²) in [4.78, 5) is 107. The average molecular weight is 998 g/mol. The molecule has 21 nitrogen and oxygen atoms in total. The molecule has 3 amide bonds. The van der Waals surface area contributed by atoms with E-state index in [4.69, 9.17) is 0 Å². The fraction of sp³-hybridized carbons (Fsp3) is 0.512. The van der Waals surface area contributed by atoms with E-state index in [0.29, 0.717) is 14.7 Å². The van der Waals surface area contributed by atoms with E-state index in [1.165, 1.54) is 20.8 Å². The lowest BCUT2D eigenvalue weighted by atomic mass is 10.0. The summed E-state index contributed by atoms with van der Waals surface area (Å²) >= 11 is 1.89. The summed E-state index contributed by atoms with van der Waals surface area (Å²) in [6.45, 7) is 0.938. The summed E-state index contributed by atoms with van der Waals surface area (Å²) in [7, 11) is 0. The number of hydrogen-bond donors (Lipinski definition) is 9. The quantitative estimate of drug-likeness (QED) is 0.0668. The van der Waals surface area contributed by atoms with Crippen LogP contribution in [0.5, 0.6) is 5.75 Å². The number of phenols is 1. The van der Waals surface area contributed by atoms with Crippen LogP contribution in [0.1, 0.15) is 37.3 Å². The topological polar surface area (TPSA) is 307 Å². The minimum atomic E-state index is -1.34. The summed E-state index contributed by atoms with van der Waals surface area (Å²) in [6, 6.07) is 8.01. The van der Waals surface area contributed by atoms with Crippen LogP contribution in [0, 0.1) is 3.57 Å². The predicted octanol–water partition coefficient (Wildman–Crippen LogP) is -0.560. The number of benzene rings is 2. The predicted molar refractivity (Wildman–Crippen MR) is 233 cm³/mol. The minimum absolute atomic E-state index is 0.0120. The van der Waals surface area contributed by atoms with E-state index in [1.807, 2.05) is 22.6 Å². The van der Waals surface area contributed by atoms with Crippen LogP contribution < -0.4 is 16.0 Å². The average Bonchev–Trinajstić information content (AvgIpc) is 3.20. The van der Waals surface area contributed by atoms with Crippen LogP contribution in [0.25, 0.3) is 0 Å². The second-order valence-corrected chi connectivity index (χ2v) is 16.3. The molecule has 9 N–H and O–H groups in total. The van der Waals surface area contributed by atoms with Crippen LogP contribution in [-0.4, -0.2) is 194 Å². The van der Waals surface area contributed by atoms with Gasteiger partial charge in [-0.3, -0.25) is 53.2 Å². The fourth-order valence-electron chi connectivity index (χ4n) is 6.97. The van der Waals surface area contributed by atoms with Crippen LogP contribution in [0.2, 0.25) is 0 Å². The van der Waals surface area contributed by atoms with E-state index < -0.39 is 91.2 Å². The van der Waals surface area contributed by atoms with Gasteiger partial charge in [0.1, 0.15) is 29.9 Å². The van der Waals surface area contributed by atoms with Crippen molar-refractivity contribution in [2.45, 2.75) is 63.2 Å². The number of rotatable bonds is 22. The zero-order valence-corrected chi connectivity index (χ0v) is 37.0. The number of nitrogens with one attached hydrogen (secondary N) is 3. The van der Waals surface area contributed by atoms with E-state index in [-0.39, 0.29) is 90.3 Å². The Morgan fingerprint density at radius 3 is 1.51 bits per heavy atom. The monoisotopic (exact) mass is 997 g/mol. The normalized spacial score (nSPS) is 16.8. The Morgan fingerprint density at radius 1 is 0.603 bits per heavy atom. The number of carboxylic acid groups (broad SMARTS) is 5. The molecule has 1 aliphatic rings. The molecule has 0 bridgehead atoms. The smallest absolute Gasteiger partial charge is 0.326 e. The number of carboxylic acids is 5. The molecule has 0 aromatic heterocycles. The molecule has 2 aromatic rings. The summed E-state index contributed by atoms with van der Waals surface area (Å²) in [5.41, 5.74) is 1.16. The molecule has 2 aromatic carbocycles. The Hall–Kier alpha value is -5.43. The molecule has 0 radical (unpaired) electrons. The van der Waals surface area contributed by atoms with Crippen molar-refractivity contribution in [2.24, 2.45) is 0 Å². The maximum absolute atomic E-state index is 14.1. The van der Waals surface area contributed by atoms with E-state index in [0.717, 1.165) is 0 Å². The Kier molecular flexibility index (Phi) is 21.6. The SMILES string of the molecule is CC[C@@H](NC(=O)[C@@H](Cc1ccccc1)NC(=O)[C@@H](Cc1ccc(O)c(I)c1)NC(=O)CCC(C(=O)O)N1CCN(CC(=O)O)CCN(CC(=O)O)CCN(CC(=O)O)CC1)C(=O)O. The Morgan fingerprint density at radius 2 is 1.06 bits per heavy atom. The first-order valence-electron chi connectivity index (χ1n) is 20.3. The van der Waals surface area contributed by atoms with Gasteiger partial charge in [0.2, 0.25) is 17.7 Å². The molecule has 0 aliphatic carbocycles. The number of amides is 3. The highest BCUT2D eigenvalue weighted by atomic mass is 127. The van der Waals surface area contributed by atoms with Crippen molar-refractivity contribution >= 4 is 70.2 Å². The van der Waals surface area contributed by atoms with Gasteiger partial charge in [-0.15, -0.1) is 0 Å². The van der Waals surface area contributed by atoms with E-state index in [2.05, 4.69) is 16.0 Å². The standard InChI is InChI=1S/C41H56IN7O14/c1-2-29(40(60)61)44-39(59)31(21-26-6-4-3-5-7-26)45-38(58)30(22-27-8-10-33(50)28(42)20-27)43-34(51)11-9-32(41(62)63)49-18-16-47(24-36(54)55)14-12-46(23-35(52)53)13-15-48(17-19-49)25-37(56)57/h3-8,10,20,29-32,50H,2,9,11-19,21-25H2,1H3,(H,43,51)(H,44,59)(H,45,58)(H,52,53)(H,54,55)(H,56,57)(H,60,61)(H,62,63)/t29-,30-,31-,32?/m1/s1. The molecule has 1 aliphatic heterocycles. The number of carbonyl (C=O) groups is 8. The van der Waals surface area contributed by atoms with Crippen LogP contribution in [0.3, 0.4) is 0 Å². The van der Waals surface area contributed by atoms with Gasteiger partial charge in [-0.25, -0.2) is 4.79 Å². The van der Waals surface area contributed by atoms with E-state index in [9.17, 15) is 69.0 Å². The van der Waals surface area contributed by atoms with Gasteiger partial charge in [0.05, 0.1) is 23.2 Å². The third-order valence-corrected chi connectivity index (χ3v) is 11.2. The molecule has 3 rings (SSSR count). The molecule has 1 unspecified atom stereocenters. The first-order chi connectivity index (χ1) is 29.8. The second kappa shape index (κ2) is 26.3. The van der Waals surface area contributed by atoms with Crippen molar-refractivity contribution in [2.75, 3.05) is 72.0 Å². The molecular weight excluding hydrogens is 941 g/mol. The summed E-state index contributed by atoms with van der Waals surface area (Å²) in [5, 5.41) is 66.5. The van der Waals surface area contributed by atoms with Crippen molar-refractivity contribution in [3.8, 4) is 5.75 Å². The Bertz CT molecular complexity index is 1880. The molecule has 0 saturated carbocycles. The highest BCUT2D eigenvalue weighted by molar-refractivity contribution is 14.1. The molecule has 4 atom stereocenters. The lowest BCUT2D eigenvalue weighted by Gasteiger charge is -2.35. The number of aliphatic carboxylic acids is 5. The first-order valence-corrected chi connectivity index (χ1v) is 21.4. The Labute approximate surface area is 377 Å². The van der Waals surface area contributed by atoms with Crippen molar-refractivity contribution in [3.05, 3.63) is 63.2 Å². The lowest BCUT2D eigenvalue weighted by Crippen LogP contribution is -2.57. The number of aromatic hydroxyl groups is 1. The van der Waals surface area contributed by atoms with Gasteiger partial charge in [0.15, 0.2) is 0 Å². The maximum Gasteiger partial charge on any atom is 0.326 e. The van der Waals surface area contributed by atoms with E-state index in [1.54, 1.807) is 54.3 Å². The van der Waals surface area contributed by atoms with Gasteiger partial charge in [0, 0.05) is 71.6 Å². The van der Waals surface area contributed by atoms with Crippen molar-refractivity contribution in [3.63, 3.8) is 0 Å². The highest BCUT2D eigenvalue weighted by Gasteiger charge is 2.32. The molecule has 22 heteroatoms. The number of nitrogens with zero attached hydrogens (tertiary/aromatic N) is 4. The molecule has 1 fully saturated rings. The largest absolute Gasteiger partial charge is 0.507 e. The fourth-order valence-corrected chi connectivity index (χ4v) is 7.55.